The van der Waals surface area contributed by atoms with Crippen molar-refractivity contribution in [2.24, 2.45) is 5.92 Å². The third-order valence-electron chi connectivity index (χ3n) is 4.32. The molecular weight excluding hydrogens is 401 g/mol. The van der Waals surface area contributed by atoms with Gasteiger partial charge in [0.25, 0.3) is 0 Å². The fourth-order valence-corrected chi connectivity index (χ4v) is 3.84. The number of halogens is 4. The quantitative estimate of drug-likeness (QED) is 0.800. The first-order chi connectivity index (χ1) is 12.7. The molecule has 1 N–H and O–H groups in total. The van der Waals surface area contributed by atoms with Crippen LogP contribution in [0.1, 0.15) is 23.6 Å². The Balaban J connectivity index is 1.74. The molecule has 1 fully saturated rings. The van der Waals surface area contributed by atoms with Gasteiger partial charge in [-0.25, -0.2) is 0 Å². The maximum Gasteiger partial charge on any atom is 0.406 e. The second-order valence-electron chi connectivity index (χ2n) is 6.34. The fourth-order valence-electron chi connectivity index (χ4n) is 3.03. The van der Waals surface area contributed by atoms with Crippen molar-refractivity contribution >= 4 is 34.8 Å². The number of hydrogen-bond donors (Lipinski definition) is 1. The van der Waals surface area contributed by atoms with Gasteiger partial charge in [-0.05, 0) is 40.1 Å². The van der Waals surface area contributed by atoms with Crippen LogP contribution in [0.25, 0.3) is 0 Å². The Labute approximate surface area is 162 Å². The highest BCUT2D eigenvalue weighted by Crippen LogP contribution is 2.28. The van der Waals surface area contributed by atoms with Crippen molar-refractivity contribution in [1.29, 1.82) is 0 Å². The van der Waals surface area contributed by atoms with Crippen LogP contribution < -0.4 is 5.32 Å². The number of amides is 2. The first-order valence-electron chi connectivity index (χ1n) is 8.15. The smallest absolute Gasteiger partial charge is 0.345 e. The van der Waals surface area contributed by atoms with E-state index < -0.39 is 36.5 Å². The zero-order valence-electron chi connectivity index (χ0n) is 14.0. The van der Waals surface area contributed by atoms with Crippen molar-refractivity contribution in [3.8, 4) is 0 Å². The lowest BCUT2D eigenvalue weighted by Gasteiger charge is -2.21. The molecule has 144 valence electrons. The van der Waals surface area contributed by atoms with Crippen molar-refractivity contribution in [3.63, 3.8) is 0 Å². The molecule has 2 amide bonds. The topological polar surface area (TPSA) is 49.4 Å². The zero-order valence-corrected chi connectivity index (χ0v) is 15.6. The van der Waals surface area contributed by atoms with Crippen LogP contribution in [0, 0.1) is 5.92 Å². The molecule has 1 saturated heterocycles. The van der Waals surface area contributed by atoms with E-state index in [1.54, 1.807) is 24.3 Å². The summed E-state index contributed by atoms with van der Waals surface area (Å²) in [7, 11) is 0. The molecule has 1 aromatic heterocycles. The van der Waals surface area contributed by atoms with Crippen molar-refractivity contribution in [2.45, 2.75) is 18.6 Å². The highest BCUT2D eigenvalue weighted by Gasteiger charge is 2.41. The highest BCUT2D eigenvalue weighted by atomic mass is 35.5. The second kappa shape index (κ2) is 7.90. The summed E-state index contributed by atoms with van der Waals surface area (Å²) in [6.45, 7) is -1.57. The molecule has 0 radical (unpaired) electrons. The Bertz CT molecular complexity index is 809. The van der Waals surface area contributed by atoms with Crippen LogP contribution in [0.3, 0.4) is 0 Å². The third kappa shape index (κ3) is 5.01. The maximum atomic E-state index is 12.7. The predicted octanol–water partition coefficient (Wildman–Crippen LogP) is 4.02. The normalized spacial score (nSPS) is 18.6. The van der Waals surface area contributed by atoms with E-state index in [0.717, 1.165) is 11.1 Å². The van der Waals surface area contributed by atoms with E-state index in [9.17, 15) is 22.8 Å². The minimum Gasteiger partial charge on any atom is -0.345 e. The van der Waals surface area contributed by atoms with Gasteiger partial charge >= 0.3 is 6.18 Å². The number of carbonyl (C=O) groups is 2. The van der Waals surface area contributed by atoms with Gasteiger partial charge in [0, 0.05) is 18.0 Å². The number of likely N-dealkylation sites (tertiary alicyclic amines) is 1. The average Bonchev–Trinajstić information content (AvgIpc) is 3.23. The van der Waals surface area contributed by atoms with Gasteiger partial charge < -0.3 is 10.2 Å². The van der Waals surface area contributed by atoms with Gasteiger partial charge in [-0.1, -0.05) is 23.7 Å². The van der Waals surface area contributed by atoms with E-state index in [1.165, 1.54) is 11.3 Å². The number of rotatable bonds is 5. The van der Waals surface area contributed by atoms with Gasteiger partial charge in [0.2, 0.25) is 11.8 Å². The molecule has 0 bridgehead atoms. The van der Waals surface area contributed by atoms with Crippen LogP contribution in [-0.4, -0.2) is 36.0 Å². The first kappa shape index (κ1) is 19.7. The Morgan fingerprint density at radius 1 is 1.26 bits per heavy atom. The average molecular weight is 417 g/mol. The number of hydrogen-bond acceptors (Lipinski definition) is 3. The fraction of sp³-hybridized carbons (Fsp3) is 0.333. The number of carbonyl (C=O) groups excluding carboxylic acids is 2. The molecule has 2 heterocycles. The summed E-state index contributed by atoms with van der Waals surface area (Å²) in [5.74, 6) is -1.92. The van der Waals surface area contributed by atoms with E-state index in [0.29, 0.717) is 9.92 Å². The molecular formula is C18H16ClF3N2O2S. The number of thiophene rings is 1. The lowest BCUT2D eigenvalue weighted by Crippen LogP contribution is -2.38. The molecule has 9 heteroatoms. The summed E-state index contributed by atoms with van der Waals surface area (Å²) in [5, 5.41) is 7.17. The van der Waals surface area contributed by atoms with Crippen LogP contribution in [0.4, 0.5) is 13.2 Å². The summed E-state index contributed by atoms with van der Waals surface area (Å²) in [6, 6.07) is 8.35. The molecule has 27 heavy (non-hydrogen) atoms. The van der Waals surface area contributed by atoms with E-state index in [2.05, 4.69) is 5.32 Å². The molecule has 3 rings (SSSR count). The molecule has 2 unspecified atom stereocenters. The molecule has 4 nitrogen and oxygen atoms in total. The van der Waals surface area contributed by atoms with Crippen LogP contribution in [0.5, 0.6) is 0 Å². The lowest BCUT2D eigenvalue weighted by atomic mass is 9.99. The highest BCUT2D eigenvalue weighted by molar-refractivity contribution is 7.08. The largest absolute Gasteiger partial charge is 0.406 e. The standard InChI is InChI=1S/C18H16ClF3N2O2S/c19-14-3-1-11(2-4-14)16(12-5-6-27-9-12)23-17(26)13-7-15(25)24(8-13)10-18(20,21)22/h1-6,9,13,16H,7-8,10H2,(H,23,26). The van der Waals surface area contributed by atoms with Crippen LogP contribution >= 0.6 is 22.9 Å². The Morgan fingerprint density at radius 3 is 2.56 bits per heavy atom. The molecule has 0 aliphatic carbocycles. The van der Waals surface area contributed by atoms with Gasteiger partial charge in [0.05, 0.1) is 12.0 Å². The summed E-state index contributed by atoms with van der Waals surface area (Å²) in [5.41, 5.74) is 1.65. The Hall–Kier alpha value is -2.06. The molecule has 1 aromatic carbocycles. The number of benzene rings is 1. The number of alkyl halides is 3. The lowest BCUT2D eigenvalue weighted by molar-refractivity contribution is -0.157. The van der Waals surface area contributed by atoms with E-state index in [4.69, 9.17) is 11.6 Å². The van der Waals surface area contributed by atoms with Gasteiger partial charge in [-0.2, -0.15) is 24.5 Å². The summed E-state index contributed by atoms with van der Waals surface area (Å²) < 4.78 is 37.7. The Morgan fingerprint density at radius 2 is 1.96 bits per heavy atom. The van der Waals surface area contributed by atoms with Gasteiger partial charge in [-0.3, -0.25) is 9.59 Å². The Kier molecular flexibility index (Phi) is 5.76. The van der Waals surface area contributed by atoms with Crippen LogP contribution in [0.2, 0.25) is 5.02 Å². The molecule has 2 atom stereocenters. The van der Waals surface area contributed by atoms with Crippen LogP contribution in [-0.2, 0) is 9.59 Å². The summed E-state index contributed by atoms with van der Waals surface area (Å²) >= 11 is 7.38. The van der Waals surface area contributed by atoms with Gasteiger partial charge in [-0.15, -0.1) is 0 Å². The first-order valence-corrected chi connectivity index (χ1v) is 9.47. The third-order valence-corrected chi connectivity index (χ3v) is 5.28. The minimum atomic E-state index is -4.48. The zero-order chi connectivity index (χ0) is 19.6. The van der Waals surface area contributed by atoms with Crippen molar-refractivity contribution in [1.82, 2.24) is 10.2 Å². The summed E-state index contributed by atoms with van der Waals surface area (Å²) in [6.07, 6.45) is -4.71. The molecule has 0 saturated carbocycles. The SMILES string of the molecule is O=C(NC(c1ccc(Cl)cc1)c1ccsc1)C1CC(=O)N(CC(F)(F)F)C1. The maximum absolute atomic E-state index is 12.7. The van der Waals surface area contributed by atoms with Crippen molar-refractivity contribution in [2.75, 3.05) is 13.1 Å². The number of nitrogens with zero attached hydrogens (tertiary/aromatic N) is 1. The van der Waals surface area contributed by atoms with Crippen molar-refractivity contribution in [3.05, 3.63) is 57.2 Å². The molecule has 1 aliphatic rings. The monoisotopic (exact) mass is 416 g/mol. The van der Waals surface area contributed by atoms with Gasteiger partial charge in [0.1, 0.15) is 6.54 Å². The summed E-state index contributed by atoms with van der Waals surface area (Å²) in [4.78, 5) is 25.2. The molecule has 0 spiro atoms. The second-order valence-corrected chi connectivity index (χ2v) is 7.56. The van der Waals surface area contributed by atoms with Crippen LogP contribution in [0.15, 0.2) is 41.1 Å². The van der Waals surface area contributed by atoms with E-state index in [1.807, 2.05) is 16.8 Å². The van der Waals surface area contributed by atoms with E-state index >= 15 is 0 Å². The predicted molar refractivity (Wildman–Crippen MR) is 96.5 cm³/mol. The number of nitrogens with one attached hydrogen (secondary N) is 1. The molecule has 1 aliphatic heterocycles. The van der Waals surface area contributed by atoms with E-state index in [-0.39, 0.29) is 13.0 Å². The minimum absolute atomic E-state index is 0.223. The molecule has 2 aromatic rings. The van der Waals surface area contributed by atoms with Gasteiger partial charge in [0.15, 0.2) is 0 Å². The van der Waals surface area contributed by atoms with Crippen molar-refractivity contribution < 1.29 is 22.8 Å².